The van der Waals surface area contributed by atoms with Gasteiger partial charge in [-0.1, -0.05) is 41.0 Å². The van der Waals surface area contributed by atoms with Gasteiger partial charge in [0.25, 0.3) is 0 Å². The van der Waals surface area contributed by atoms with E-state index in [0.717, 1.165) is 25.9 Å². The molecule has 0 saturated heterocycles. The predicted molar refractivity (Wildman–Crippen MR) is 74.0 cm³/mol. The molecule has 0 unspecified atom stereocenters. The van der Waals surface area contributed by atoms with Crippen LogP contribution in [0, 0.1) is 17.8 Å². The Balaban J connectivity index is 3.70. The lowest BCUT2D eigenvalue weighted by molar-refractivity contribution is -0.120. The second kappa shape index (κ2) is 9.46. The summed E-state index contributed by atoms with van der Waals surface area (Å²) in [5.41, 5.74) is 0. The summed E-state index contributed by atoms with van der Waals surface area (Å²) in [6.07, 6.45) is 2.18. The van der Waals surface area contributed by atoms with Crippen molar-refractivity contribution in [2.75, 3.05) is 19.6 Å². The Morgan fingerprint density at radius 3 is 2.18 bits per heavy atom. The van der Waals surface area contributed by atoms with Crippen molar-refractivity contribution in [2.45, 2.75) is 47.5 Å². The third kappa shape index (κ3) is 8.19. The second-order valence-corrected chi connectivity index (χ2v) is 5.49. The summed E-state index contributed by atoms with van der Waals surface area (Å²) in [4.78, 5) is 11.5. The largest absolute Gasteiger partial charge is 0.355 e. The first-order valence-corrected chi connectivity index (χ1v) is 6.96. The van der Waals surface area contributed by atoms with Crippen LogP contribution in [0.2, 0.25) is 0 Å². The minimum atomic E-state index is 0.115. The summed E-state index contributed by atoms with van der Waals surface area (Å²) >= 11 is 0. The highest BCUT2D eigenvalue weighted by Crippen LogP contribution is 2.19. The van der Waals surface area contributed by atoms with Crippen molar-refractivity contribution < 1.29 is 4.79 Å². The smallest absolute Gasteiger partial charge is 0.233 e. The van der Waals surface area contributed by atoms with Crippen molar-refractivity contribution in [1.82, 2.24) is 10.6 Å². The van der Waals surface area contributed by atoms with E-state index in [9.17, 15) is 4.79 Å². The summed E-state index contributed by atoms with van der Waals surface area (Å²) < 4.78 is 0. The van der Waals surface area contributed by atoms with Gasteiger partial charge in [-0.15, -0.1) is 0 Å². The van der Waals surface area contributed by atoms with Gasteiger partial charge in [0.1, 0.15) is 0 Å². The number of rotatable bonds is 9. The van der Waals surface area contributed by atoms with E-state index in [1.54, 1.807) is 0 Å². The number of unbranched alkanes of at least 4 members (excludes halogenated alkanes) is 1. The van der Waals surface area contributed by atoms with Crippen LogP contribution in [0.4, 0.5) is 0 Å². The van der Waals surface area contributed by atoms with E-state index >= 15 is 0 Å². The van der Waals surface area contributed by atoms with E-state index < -0.39 is 0 Å². The number of amides is 1. The van der Waals surface area contributed by atoms with E-state index in [1.807, 2.05) is 0 Å². The molecule has 0 atom stereocenters. The summed E-state index contributed by atoms with van der Waals surface area (Å²) in [7, 11) is 0. The van der Waals surface area contributed by atoms with Crippen molar-refractivity contribution in [1.29, 1.82) is 0 Å². The minimum absolute atomic E-state index is 0.115. The van der Waals surface area contributed by atoms with Crippen LogP contribution in [0.3, 0.4) is 0 Å². The van der Waals surface area contributed by atoms with Gasteiger partial charge in [-0.05, 0) is 30.7 Å². The second-order valence-electron chi connectivity index (χ2n) is 5.49. The fraction of sp³-hybridized carbons (Fsp3) is 0.929. The fourth-order valence-electron chi connectivity index (χ4n) is 2.06. The average molecular weight is 242 g/mol. The molecule has 0 spiro atoms. The highest BCUT2D eigenvalue weighted by Gasteiger charge is 2.17. The van der Waals surface area contributed by atoms with Gasteiger partial charge in [-0.3, -0.25) is 4.79 Å². The van der Waals surface area contributed by atoms with E-state index in [2.05, 4.69) is 45.3 Å². The van der Waals surface area contributed by atoms with Crippen LogP contribution in [0.5, 0.6) is 0 Å². The van der Waals surface area contributed by atoms with Crippen molar-refractivity contribution >= 4 is 5.91 Å². The Kier molecular flexibility index (Phi) is 9.14. The van der Waals surface area contributed by atoms with Gasteiger partial charge in [0, 0.05) is 6.54 Å². The zero-order chi connectivity index (χ0) is 13.3. The van der Waals surface area contributed by atoms with Gasteiger partial charge < -0.3 is 10.6 Å². The minimum Gasteiger partial charge on any atom is -0.355 e. The van der Waals surface area contributed by atoms with Crippen LogP contribution in [-0.4, -0.2) is 25.5 Å². The van der Waals surface area contributed by atoms with E-state index in [1.165, 1.54) is 0 Å². The Labute approximate surface area is 107 Å². The maximum atomic E-state index is 11.5. The molecule has 1 amide bonds. The van der Waals surface area contributed by atoms with Crippen LogP contribution in [-0.2, 0) is 4.79 Å². The van der Waals surface area contributed by atoms with Crippen LogP contribution in [0.1, 0.15) is 47.5 Å². The lowest BCUT2D eigenvalue weighted by atomic mass is 9.85. The zero-order valence-corrected chi connectivity index (χ0v) is 12.2. The van der Waals surface area contributed by atoms with Gasteiger partial charge in [0.05, 0.1) is 6.54 Å². The van der Waals surface area contributed by atoms with Crippen LogP contribution in [0.15, 0.2) is 0 Å². The van der Waals surface area contributed by atoms with E-state index in [0.29, 0.717) is 24.3 Å². The third-order valence-corrected chi connectivity index (χ3v) is 3.23. The first-order valence-electron chi connectivity index (χ1n) is 6.96. The molecule has 3 heteroatoms. The Morgan fingerprint density at radius 1 is 1.12 bits per heavy atom. The molecular formula is C14H30N2O. The standard InChI is InChI=1S/C14H30N2O/c1-6-7-8-16-14(17)10-15-9-13(11(2)3)12(4)5/h11-13,15H,6-10H2,1-5H3,(H,16,17). The van der Waals surface area contributed by atoms with Crippen molar-refractivity contribution in [2.24, 2.45) is 17.8 Å². The lowest BCUT2D eigenvalue weighted by Crippen LogP contribution is -2.38. The molecule has 0 radical (unpaired) electrons. The highest BCUT2D eigenvalue weighted by molar-refractivity contribution is 5.77. The molecule has 0 heterocycles. The maximum absolute atomic E-state index is 11.5. The number of nitrogens with one attached hydrogen (secondary N) is 2. The van der Waals surface area contributed by atoms with Crippen LogP contribution >= 0.6 is 0 Å². The number of hydrogen-bond donors (Lipinski definition) is 2. The molecule has 0 aromatic rings. The SMILES string of the molecule is CCCCNC(=O)CNCC(C(C)C)C(C)C. The third-order valence-electron chi connectivity index (χ3n) is 3.23. The molecule has 0 rings (SSSR count). The molecule has 0 aliphatic carbocycles. The Bertz CT molecular complexity index is 194. The summed E-state index contributed by atoms with van der Waals surface area (Å²) in [5, 5.41) is 6.18. The molecule has 0 bridgehead atoms. The van der Waals surface area contributed by atoms with Crippen LogP contribution < -0.4 is 10.6 Å². The monoisotopic (exact) mass is 242 g/mol. The zero-order valence-electron chi connectivity index (χ0n) is 12.2. The van der Waals surface area contributed by atoms with Gasteiger partial charge in [-0.25, -0.2) is 0 Å². The Hall–Kier alpha value is -0.570. The average Bonchev–Trinajstić information content (AvgIpc) is 2.23. The topological polar surface area (TPSA) is 41.1 Å². The lowest BCUT2D eigenvalue weighted by Gasteiger charge is -2.25. The van der Waals surface area contributed by atoms with Crippen molar-refractivity contribution in [3.63, 3.8) is 0 Å². The molecule has 0 fully saturated rings. The molecular weight excluding hydrogens is 212 g/mol. The van der Waals surface area contributed by atoms with Gasteiger partial charge in [-0.2, -0.15) is 0 Å². The van der Waals surface area contributed by atoms with E-state index in [4.69, 9.17) is 0 Å². The molecule has 0 aliphatic heterocycles. The molecule has 0 saturated carbocycles. The predicted octanol–water partition coefficient (Wildman–Crippen LogP) is 2.42. The first-order chi connectivity index (χ1) is 7.99. The maximum Gasteiger partial charge on any atom is 0.233 e. The number of carbonyl (C=O) groups excluding carboxylic acids is 1. The number of hydrogen-bond acceptors (Lipinski definition) is 2. The van der Waals surface area contributed by atoms with Gasteiger partial charge in [0.2, 0.25) is 5.91 Å². The molecule has 3 nitrogen and oxygen atoms in total. The molecule has 0 aromatic heterocycles. The first kappa shape index (κ1) is 16.4. The summed E-state index contributed by atoms with van der Waals surface area (Å²) in [6.45, 7) is 13.3. The fourth-order valence-corrected chi connectivity index (χ4v) is 2.06. The molecule has 17 heavy (non-hydrogen) atoms. The number of carbonyl (C=O) groups is 1. The summed E-state index contributed by atoms with van der Waals surface area (Å²) in [6, 6.07) is 0. The van der Waals surface area contributed by atoms with E-state index in [-0.39, 0.29) is 5.91 Å². The van der Waals surface area contributed by atoms with Gasteiger partial charge >= 0.3 is 0 Å². The quantitative estimate of drug-likeness (QED) is 0.610. The molecule has 0 aromatic carbocycles. The highest BCUT2D eigenvalue weighted by atomic mass is 16.1. The van der Waals surface area contributed by atoms with Crippen LogP contribution in [0.25, 0.3) is 0 Å². The summed E-state index contributed by atoms with van der Waals surface area (Å²) in [5.74, 6) is 2.07. The van der Waals surface area contributed by atoms with Crippen molar-refractivity contribution in [3.8, 4) is 0 Å². The normalized spacial score (nSPS) is 11.5. The molecule has 0 aliphatic rings. The van der Waals surface area contributed by atoms with Gasteiger partial charge in [0.15, 0.2) is 0 Å². The molecule has 2 N–H and O–H groups in total. The molecule has 102 valence electrons. The van der Waals surface area contributed by atoms with Crippen molar-refractivity contribution in [3.05, 3.63) is 0 Å². The Morgan fingerprint density at radius 2 is 1.71 bits per heavy atom.